The molecule has 12 heteroatoms. The van der Waals surface area contributed by atoms with E-state index in [-0.39, 0.29) is 16.6 Å². The van der Waals surface area contributed by atoms with E-state index in [0.717, 1.165) is 24.1 Å². The van der Waals surface area contributed by atoms with Gasteiger partial charge in [-0.25, -0.2) is 4.79 Å². The van der Waals surface area contributed by atoms with E-state index in [2.05, 4.69) is 25.9 Å². The molecule has 0 aliphatic heterocycles. The fourth-order valence-corrected chi connectivity index (χ4v) is 5.28. The Bertz CT molecular complexity index is 1130. The van der Waals surface area contributed by atoms with Crippen molar-refractivity contribution in [3.05, 3.63) is 29.3 Å². The number of aromatic amines is 1. The van der Waals surface area contributed by atoms with Gasteiger partial charge in [0.1, 0.15) is 9.90 Å². The molecule has 0 spiro atoms. The summed E-state index contributed by atoms with van der Waals surface area (Å²) in [6.07, 6.45) is 3.59. The molecule has 4 rings (SSSR count). The zero-order valence-electron chi connectivity index (χ0n) is 17.5. The minimum Gasteiger partial charge on any atom is -0.481 e. The van der Waals surface area contributed by atoms with E-state index in [4.69, 9.17) is 21.4 Å². The zero-order chi connectivity index (χ0) is 23.4. The highest BCUT2D eigenvalue weighted by molar-refractivity contribution is 7.20. The summed E-state index contributed by atoms with van der Waals surface area (Å²) in [5.41, 5.74) is 1.76. The Morgan fingerprint density at radius 1 is 1.24 bits per heavy atom. The van der Waals surface area contributed by atoms with Gasteiger partial charge in [0.05, 0.1) is 11.3 Å². The van der Waals surface area contributed by atoms with E-state index in [1.165, 1.54) is 30.6 Å². The number of carboxylic acids is 2. The summed E-state index contributed by atoms with van der Waals surface area (Å²) < 4.78 is 5.59. The molecule has 0 radical (unpaired) electrons. The number of nitrogens with zero attached hydrogens (tertiary/aromatic N) is 3. The van der Waals surface area contributed by atoms with Crippen molar-refractivity contribution in [3.8, 4) is 26.9 Å². The minimum atomic E-state index is -1.63. The number of ether oxygens (including phenoxy) is 1. The van der Waals surface area contributed by atoms with Crippen LogP contribution in [0, 0.1) is 0 Å². The Labute approximate surface area is 197 Å². The Morgan fingerprint density at radius 2 is 2.03 bits per heavy atom. The fraction of sp³-hybridized carbons (Fsp3) is 0.381. The van der Waals surface area contributed by atoms with Gasteiger partial charge >= 0.3 is 11.9 Å². The lowest BCUT2D eigenvalue weighted by Gasteiger charge is -2.24. The quantitative estimate of drug-likeness (QED) is 0.343. The summed E-state index contributed by atoms with van der Waals surface area (Å²) in [4.78, 5) is 23.7. The number of hydrogen-bond donors (Lipinski definition) is 4. The van der Waals surface area contributed by atoms with Crippen molar-refractivity contribution in [2.24, 2.45) is 0 Å². The van der Waals surface area contributed by atoms with E-state index in [0.29, 0.717) is 15.8 Å². The van der Waals surface area contributed by atoms with Crippen molar-refractivity contribution in [2.75, 3.05) is 5.32 Å². The third-order valence-electron chi connectivity index (χ3n) is 5.35. The van der Waals surface area contributed by atoms with Crippen LogP contribution in [0.1, 0.15) is 38.5 Å². The molecule has 33 heavy (non-hydrogen) atoms. The first kappa shape index (κ1) is 23.0. The standard InChI is InChI=1S/C21H22ClN5O5S/c22-16-17(32-14(21(30)31)10-15(28)29)19(20-24-26-27-25-20)33-18(16)11-5-4-8-13(9-11)23-12-6-2-1-3-7-12/h4-5,8-9,12,14,23H,1-3,6-7,10H2,(H,28,29)(H,30,31)(H,24,25,26,27). The maximum absolute atomic E-state index is 11.6. The number of nitrogens with one attached hydrogen (secondary N) is 2. The predicted molar refractivity (Wildman–Crippen MR) is 123 cm³/mol. The van der Waals surface area contributed by atoms with Crippen LogP contribution in [0.5, 0.6) is 5.75 Å². The molecule has 1 aliphatic rings. The number of aromatic nitrogens is 4. The predicted octanol–water partition coefficient (Wildman–Crippen LogP) is 4.30. The van der Waals surface area contributed by atoms with Crippen LogP contribution >= 0.6 is 22.9 Å². The highest BCUT2D eigenvalue weighted by Crippen LogP contribution is 2.50. The lowest BCUT2D eigenvalue weighted by atomic mass is 9.95. The third kappa shape index (κ3) is 5.42. The Balaban J connectivity index is 1.69. The number of thiophene rings is 1. The van der Waals surface area contributed by atoms with Crippen LogP contribution in [0.2, 0.25) is 5.02 Å². The second-order valence-electron chi connectivity index (χ2n) is 7.74. The molecular weight excluding hydrogens is 470 g/mol. The maximum Gasteiger partial charge on any atom is 0.345 e. The molecule has 1 saturated carbocycles. The molecular formula is C21H22ClN5O5S. The van der Waals surface area contributed by atoms with Gasteiger partial charge < -0.3 is 20.3 Å². The molecule has 174 valence electrons. The Morgan fingerprint density at radius 3 is 2.70 bits per heavy atom. The number of benzene rings is 1. The molecule has 0 bridgehead atoms. The molecule has 0 amide bonds. The van der Waals surface area contributed by atoms with Gasteiger partial charge in [0.25, 0.3) is 0 Å². The van der Waals surface area contributed by atoms with Crippen molar-refractivity contribution >= 4 is 40.6 Å². The van der Waals surface area contributed by atoms with E-state index in [1.54, 1.807) is 0 Å². The van der Waals surface area contributed by atoms with Crippen molar-refractivity contribution in [3.63, 3.8) is 0 Å². The van der Waals surface area contributed by atoms with Crippen molar-refractivity contribution in [1.82, 2.24) is 20.6 Å². The Hall–Kier alpha value is -3.18. The maximum atomic E-state index is 11.6. The second-order valence-corrected chi connectivity index (χ2v) is 9.14. The lowest BCUT2D eigenvalue weighted by Crippen LogP contribution is -2.29. The number of tetrazole rings is 1. The molecule has 2 heterocycles. The monoisotopic (exact) mass is 491 g/mol. The van der Waals surface area contributed by atoms with Crippen molar-refractivity contribution in [1.29, 1.82) is 0 Å². The highest BCUT2D eigenvalue weighted by Gasteiger charge is 2.30. The summed E-state index contributed by atoms with van der Waals surface area (Å²) in [6.45, 7) is 0. The number of carboxylic acid groups (broad SMARTS) is 2. The van der Waals surface area contributed by atoms with E-state index >= 15 is 0 Å². The van der Waals surface area contributed by atoms with Crippen LogP contribution < -0.4 is 10.1 Å². The summed E-state index contributed by atoms with van der Waals surface area (Å²) in [5.74, 6) is -2.55. The molecule has 10 nitrogen and oxygen atoms in total. The number of halogens is 1. The van der Waals surface area contributed by atoms with Gasteiger partial charge in [0.2, 0.25) is 11.9 Å². The molecule has 1 unspecified atom stereocenters. The number of carbonyl (C=O) groups is 2. The van der Waals surface area contributed by atoms with Gasteiger partial charge in [-0.3, -0.25) is 4.79 Å². The average molecular weight is 492 g/mol. The van der Waals surface area contributed by atoms with Gasteiger partial charge in [-0.05, 0) is 35.8 Å². The van der Waals surface area contributed by atoms with Crippen LogP contribution in [0.4, 0.5) is 5.69 Å². The van der Waals surface area contributed by atoms with Gasteiger partial charge in [-0.1, -0.05) is 43.0 Å². The first-order valence-electron chi connectivity index (χ1n) is 10.5. The third-order valence-corrected chi connectivity index (χ3v) is 7.04. The molecule has 4 N–H and O–H groups in total. The summed E-state index contributed by atoms with van der Waals surface area (Å²) in [7, 11) is 0. The first-order chi connectivity index (χ1) is 15.9. The molecule has 1 aromatic carbocycles. The number of anilines is 1. The normalized spacial score (nSPS) is 15.2. The Kier molecular flexibility index (Phi) is 7.09. The van der Waals surface area contributed by atoms with E-state index in [1.807, 2.05) is 24.3 Å². The number of aliphatic carboxylic acids is 2. The first-order valence-corrected chi connectivity index (χ1v) is 11.7. The SMILES string of the molecule is O=C(O)CC(Oc1c(-c2nn[nH]n2)sc(-c2cccc(NC3CCCCC3)c2)c1Cl)C(=O)O. The van der Waals surface area contributed by atoms with Gasteiger partial charge in [0, 0.05) is 11.7 Å². The molecule has 2 aromatic heterocycles. The van der Waals surface area contributed by atoms with Crippen molar-refractivity contribution < 1.29 is 24.5 Å². The molecule has 1 fully saturated rings. The van der Waals surface area contributed by atoms with Crippen LogP contribution in [0.25, 0.3) is 21.1 Å². The van der Waals surface area contributed by atoms with Gasteiger partial charge in [-0.15, -0.1) is 21.5 Å². The van der Waals surface area contributed by atoms with Crippen LogP contribution in [0.15, 0.2) is 24.3 Å². The zero-order valence-corrected chi connectivity index (χ0v) is 19.0. The van der Waals surface area contributed by atoms with E-state index in [9.17, 15) is 14.7 Å². The molecule has 1 aliphatic carbocycles. The smallest absolute Gasteiger partial charge is 0.345 e. The molecule has 3 aromatic rings. The van der Waals surface area contributed by atoms with Crippen LogP contribution in [0.3, 0.4) is 0 Å². The highest BCUT2D eigenvalue weighted by atomic mass is 35.5. The summed E-state index contributed by atoms with van der Waals surface area (Å²) >= 11 is 7.86. The fourth-order valence-electron chi connectivity index (χ4n) is 3.81. The van der Waals surface area contributed by atoms with Gasteiger partial charge in [-0.2, -0.15) is 5.21 Å². The number of hydrogen-bond acceptors (Lipinski definition) is 8. The second kappa shape index (κ2) is 10.2. The molecule has 1 atom stereocenters. The minimum absolute atomic E-state index is 0.0114. The molecule has 0 saturated heterocycles. The summed E-state index contributed by atoms with van der Waals surface area (Å²) in [6, 6.07) is 8.19. The lowest BCUT2D eigenvalue weighted by molar-refractivity contribution is -0.151. The summed E-state index contributed by atoms with van der Waals surface area (Å²) in [5, 5.41) is 36.0. The van der Waals surface area contributed by atoms with Crippen LogP contribution in [-0.2, 0) is 9.59 Å². The van der Waals surface area contributed by atoms with Gasteiger partial charge in [0.15, 0.2) is 5.75 Å². The van der Waals surface area contributed by atoms with Crippen LogP contribution in [-0.4, -0.2) is 54.9 Å². The van der Waals surface area contributed by atoms with E-state index < -0.39 is 24.5 Å². The average Bonchev–Trinajstić information content (AvgIpc) is 3.42. The topological polar surface area (TPSA) is 150 Å². The number of H-pyrrole nitrogens is 1. The largest absolute Gasteiger partial charge is 0.481 e. The number of rotatable bonds is 9. The van der Waals surface area contributed by atoms with Crippen molar-refractivity contribution in [2.45, 2.75) is 50.7 Å².